The Hall–Kier alpha value is -1.59. The molecular weight excluding hydrogens is 841 g/mol. The molecule has 6 nitrogen and oxygen atoms in total. The summed E-state index contributed by atoms with van der Waals surface area (Å²) < 4.78 is 16.9. The molecule has 0 aromatic carbocycles. The Kier molecular flexibility index (Phi) is 52.0. The lowest BCUT2D eigenvalue weighted by molar-refractivity contribution is -0.167. The Labute approximate surface area is 425 Å². The second-order valence-electron chi connectivity index (χ2n) is 22.8. The topological polar surface area (TPSA) is 78.9 Å². The Morgan fingerprint density at radius 2 is 0.426 bits per heavy atom. The SMILES string of the molecule is CC(C)CCCCCCCCCCCCCCCCCCC(=O)O[C@@H](COC(=O)CCCCCCCCCCCCCCCCCC(C)C)COC(=O)CCCCCCCCCCCCC(C)C. The van der Waals surface area contributed by atoms with Gasteiger partial charge in [0.05, 0.1) is 0 Å². The van der Waals surface area contributed by atoms with Crippen molar-refractivity contribution in [3.05, 3.63) is 0 Å². The predicted molar refractivity (Wildman–Crippen MR) is 293 cm³/mol. The molecule has 0 N–H and O–H groups in total. The maximum absolute atomic E-state index is 12.9. The van der Waals surface area contributed by atoms with Crippen LogP contribution in [0, 0.1) is 17.8 Å². The first-order valence-electron chi connectivity index (χ1n) is 30.6. The molecular formula is C62H120O6. The van der Waals surface area contributed by atoms with Crippen molar-refractivity contribution in [3.8, 4) is 0 Å². The van der Waals surface area contributed by atoms with Gasteiger partial charge in [0.25, 0.3) is 0 Å². The number of hydrogen-bond donors (Lipinski definition) is 0. The van der Waals surface area contributed by atoms with Gasteiger partial charge < -0.3 is 14.2 Å². The van der Waals surface area contributed by atoms with E-state index in [4.69, 9.17) is 14.2 Å². The van der Waals surface area contributed by atoms with Crippen LogP contribution >= 0.6 is 0 Å². The molecule has 0 radical (unpaired) electrons. The van der Waals surface area contributed by atoms with Gasteiger partial charge in [0.15, 0.2) is 6.10 Å². The lowest BCUT2D eigenvalue weighted by Gasteiger charge is -2.18. The molecule has 404 valence electrons. The Bertz CT molecular complexity index is 1050. The second kappa shape index (κ2) is 53.2. The quantitative estimate of drug-likeness (QED) is 0.0343. The lowest BCUT2D eigenvalue weighted by Crippen LogP contribution is -2.30. The van der Waals surface area contributed by atoms with Gasteiger partial charge in [-0.2, -0.15) is 0 Å². The van der Waals surface area contributed by atoms with Crippen molar-refractivity contribution in [2.75, 3.05) is 13.2 Å². The van der Waals surface area contributed by atoms with Crippen molar-refractivity contribution < 1.29 is 28.6 Å². The minimum atomic E-state index is -0.764. The smallest absolute Gasteiger partial charge is 0.306 e. The molecule has 0 rings (SSSR count). The van der Waals surface area contributed by atoms with E-state index in [2.05, 4.69) is 41.5 Å². The Balaban J connectivity index is 4.28. The monoisotopic (exact) mass is 961 g/mol. The maximum Gasteiger partial charge on any atom is 0.306 e. The van der Waals surface area contributed by atoms with Crippen LogP contribution in [0.1, 0.15) is 343 Å². The van der Waals surface area contributed by atoms with Crippen LogP contribution in [-0.4, -0.2) is 37.2 Å². The lowest BCUT2D eigenvalue weighted by atomic mass is 10.0. The van der Waals surface area contributed by atoms with Crippen LogP contribution in [0.4, 0.5) is 0 Å². The van der Waals surface area contributed by atoms with Gasteiger partial charge in [0.1, 0.15) is 13.2 Å². The fourth-order valence-electron chi connectivity index (χ4n) is 9.53. The van der Waals surface area contributed by atoms with Crippen molar-refractivity contribution >= 4 is 17.9 Å². The number of ether oxygens (including phenoxy) is 3. The van der Waals surface area contributed by atoms with E-state index in [1.54, 1.807) is 0 Å². The van der Waals surface area contributed by atoms with Crippen LogP contribution in [0.2, 0.25) is 0 Å². The van der Waals surface area contributed by atoms with Gasteiger partial charge in [0, 0.05) is 19.3 Å². The average Bonchev–Trinajstić information content (AvgIpc) is 3.30. The van der Waals surface area contributed by atoms with Crippen molar-refractivity contribution in [2.45, 2.75) is 349 Å². The highest BCUT2D eigenvalue weighted by atomic mass is 16.6. The fourth-order valence-corrected chi connectivity index (χ4v) is 9.53. The molecule has 0 fully saturated rings. The van der Waals surface area contributed by atoms with E-state index in [0.717, 1.165) is 75.5 Å². The molecule has 0 bridgehead atoms. The van der Waals surface area contributed by atoms with Crippen LogP contribution in [0.25, 0.3) is 0 Å². The molecule has 0 aromatic rings. The van der Waals surface area contributed by atoms with E-state index in [1.165, 1.54) is 225 Å². The van der Waals surface area contributed by atoms with Crippen LogP contribution < -0.4 is 0 Å². The molecule has 0 aliphatic carbocycles. The largest absolute Gasteiger partial charge is 0.462 e. The van der Waals surface area contributed by atoms with Crippen molar-refractivity contribution in [1.29, 1.82) is 0 Å². The molecule has 6 heteroatoms. The molecule has 1 atom stereocenters. The number of unbranched alkanes of at least 4 members (excludes halogenated alkanes) is 38. The molecule has 0 amide bonds. The summed E-state index contributed by atoms with van der Waals surface area (Å²) in [5.74, 6) is 1.68. The second-order valence-corrected chi connectivity index (χ2v) is 22.8. The first-order chi connectivity index (χ1) is 33.1. The van der Waals surface area contributed by atoms with E-state index >= 15 is 0 Å². The average molecular weight is 962 g/mol. The number of esters is 3. The van der Waals surface area contributed by atoms with E-state index in [-0.39, 0.29) is 31.1 Å². The first kappa shape index (κ1) is 66.4. The third kappa shape index (κ3) is 55.3. The highest BCUT2D eigenvalue weighted by Crippen LogP contribution is 2.19. The summed E-state index contributed by atoms with van der Waals surface area (Å²) in [4.78, 5) is 38.2. The molecule has 0 aliphatic heterocycles. The van der Waals surface area contributed by atoms with Gasteiger partial charge in [-0.25, -0.2) is 0 Å². The number of carbonyl (C=O) groups is 3. The summed E-state index contributed by atoms with van der Waals surface area (Å²) in [7, 11) is 0. The predicted octanol–water partition coefficient (Wildman–Crippen LogP) is 20.3. The molecule has 0 aliphatic rings. The van der Waals surface area contributed by atoms with Crippen molar-refractivity contribution in [1.82, 2.24) is 0 Å². The Morgan fingerprint density at radius 1 is 0.250 bits per heavy atom. The molecule has 0 saturated carbocycles. The first-order valence-corrected chi connectivity index (χ1v) is 30.6. The molecule has 0 unspecified atom stereocenters. The highest BCUT2D eigenvalue weighted by Gasteiger charge is 2.19. The van der Waals surface area contributed by atoms with Crippen LogP contribution in [-0.2, 0) is 28.6 Å². The summed E-state index contributed by atoms with van der Waals surface area (Å²) in [5, 5.41) is 0. The summed E-state index contributed by atoms with van der Waals surface area (Å²) >= 11 is 0. The third-order valence-electron chi connectivity index (χ3n) is 14.1. The highest BCUT2D eigenvalue weighted by molar-refractivity contribution is 5.71. The molecule has 0 spiro atoms. The van der Waals surface area contributed by atoms with E-state index in [0.29, 0.717) is 19.3 Å². The van der Waals surface area contributed by atoms with E-state index < -0.39 is 6.10 Å². The summed E-state index contributed by atoms with van der Waals surface area (Å²) in [6.45, 7) is 13.8. The number of rotatable bonds is 55. The normalized spacial score (nSPS) is 12.1. The van der Waals surface area contributed by atoms with Crippen LogP contribution in [0.5, 0.6) is 0 Å². The van der Waals surface area contributed by atoms with Crippen molar-refractivity contribution in [2.24, 2.45) is 17.8 Å². The third-order valence-corrected chi connectivity index (χ3v) is 14.1. The minimum Gasteiger partial charge on any atom is -0.462 e. The zero-order chi connectivity index (χ0) is 49.8. The summed E-state index contributed by atoms with van der Waals surface area (Å²) in [5.41, 5.74) is 0. The zero-order valence-electron chi connectivity index (χ0n) is 46.9. The maximum atomic E-state index is 12.9. The number of hydrogen-bond acceptors (Lipinski definition) is 6. The molecule has 0 saturated heterocycles. The van der Waals surface area contributed by atoms with Gasteiger partial charge in [-0.3, -0.25) is 14.4 Å². The molecule has 68 heavy (non-hydrogen) atoms. The minimum absolute atomic E-state index is 0.0631. The number of carbonyl (C=O) groups excluding carboxylic acids is 3. The standard InChI is InChI=1S/C62H120O6/c1-56(2)48-42-36-30-24-18-14-10-7-8-12-17-21-29-35-41-47-53-62(65)68-59(55-67-61(64)52-46-40-34-28-23-22-26-32-38-44-50-58(5)6)54-66-60(63)51-45-39-33-27-20-16-13-9-11-15-19-25-31-37-43-49-57(3)4/h56-59H,7-55H2,1-6H3/t59-/m0/s1. The summed E-state index contributed by atoms with van der Waals surface area (Å²) in [6, 6.07) is 0. The van der Waals surface area contributed by atoms with Gasteiger partial charge in [-0.05, 0) is 37.0 Å². The van der Waals surface area contributed by atoms with Crippen molar-refractivity contribution in [3.63, 3.8) is 0 Å². The zero-order valence-corrected chi connectivity index (χ0v) is 46.9. The van der Waals surface area contributed by atoms with E-state index in [1.807, 2.05) is 0 Å². The van der Waals surface area contributed by atoms with Crippen LogP contribution in [0.15, 0.2) is 0 Å². The van der Waals surface area contributed by atoms with Gasteiger partial charge in [0.2, 0.25) is 0 Å². The fraction of sp³-hybridized carbons (Fsp3) is 0.952. The summed E-state index contributed by atoms with van der Waals surface area (Å²) in [6.07, 6.45) is 56.7. The van der Waals surface area contributed by atoms with E-state index in [9.17, 15) is 14.4 Å². The molecule has 0 aromatic heterocycles. The van der Waals surface area contributed by atoms with Gasteiger partial charge in [-0.15, -0.1) is 0 Å². The van der Waals surface area contributed by atoms with Gasteiger partial charge >= 0.3 is 17.9 Å². The Morgan fingerprint density at radius 3 is 0.632 bits per heavy atom. The van der Waals surface area contributed by atoms with Gasteiger partial charge in [-0.1, -0.05) is 305 Å². The molecule has 0 heterocycles. The van der Waals surface area contributed by atoms with Crippen LogP contribution in [0.3, 0.4) is 0 Å².